The third kappa shape index (κ3) is 4.86. The molecule has 8 nitrogen and oxygen atoms in total. The Morgan fingerprint density at radius 3 is 2.48 bits per heavy atom. The predicted octanol–water partition coefficient (Wildman–Crippen LogP) is 1.35. The van der Waals surface area contributed by atoms with Crippen molar-refractivity contribution in [2.75, 3.05) is 37.6 Å². The van der Waals surface area contributed by atoms with E-state index in [4.69, 9.17) is 5.26 Å². The fraction of sp³-hybridized carbons (Fsp3) is 0.684. The zero-order valence-corrected chi connectivity index (χ0v) is 16.2. The number of urea groups is 1. The summed E-state index contributed by atoms with van der Waals surface area (Å²) < 4.78 is 0. The highest BCUT2D eigenvalue weighted by atomic mass is 16.2. The number of carbonyl (C=O) groups excluding carboxylic acids is 1. The molecule has 2 saturated heterocycles. The molecule has 8 heteroatoms. The molecule has 0 aromatic carbocycles. The summed E-state index contributed by atoms with van der Waals surface area (Å²) in [5, 5.41) is 15.4. The smallest absolute Gasteiger partial charge is 0.318 e. The molecule has 2 fully saturated rings. The van der Waals surface area contributed by atoms with Crippen molar-refractivity contribution in [3.63, 3.8) is 0 Å². The fourth-order valence-electron chi connectivity index (χ4n) is 4.07. The summed E-state index contributed by atoms with van der Waals surface area (Å²) in [6.07, 6.45) is 6.53. The van der Waals surface area contributed by atoms with Gasteiger partial charge in [-0.25, -0.2) is 14.8 Å². The number of nitrogens with one attached hydrogen (secondary N) is 2. The van der Waals surface area contributed by atoms with Crippen molar-refractivity contribution < 1.29 is 4.79 Å². The van der Waals surface area contributed by atoms with E-state index in [-0.39, 0.29) is 18.1 Å². The van der Waals surface area contributed by atoms with Crippen LogP contribution in [0.5, 0.6) is 0 Å². The molecular formula is C19H29N7O. The summed E-state index contributed by atoms with van der Waals surface area (Å²) in [5.74, 6) is 1.32. The Hall–Kier alpha value is -2.40. The Kier molecular flexibility index (Phi) is 6.45. The molecule has 1 aromatic heterocycles. The van der Waals surface area contributed by atoms with Crippen LogP contribution in [0.15, 0.2) is 12.4 Å². The van der Waals surface area contributed by atoms with Gasteiger partial charge in [0.2, 0.25) is 5.95 Å². The van der Waals surface area contributed by atoms with Crippen molar-refractivity contribution in [1.82, 2.24) is 25.5 Å². The molecular weight excluding hydrogens is 342 g/mol. The number of nitrogens with zero attached hydrogens (tertiary/aromatic N) is 5. The summed E-state index contributed by atoms with van der Waals surface area (Å²) in [6, 6.07) is 2.17. The molecule has 0 saturated carbocycles. The van der Waals surface area contributed by atoms with Crippen molar-refractivity contribution in [1.29, 1.82) is 5.26 Å². The predicted molar refractivity (Wildman–Crippen MR) is 103 cm³/mol. The van der Waals surface area contributed by atoms with Gasteiger partial charge in [0, 0.05) is 31.7 Å². The highest BCUT2D eigenvalue weighted by molar-refractivity contribution is 5.75. The average Bonchev–Trinajstić information content (AvgIpc) is 2.68. The summed E-state index contributed by atoms with van der Waals surface area (Å²) in [4.78, 5) is 25.3. The molecule has 0 aliphatic carbocycles. The highest BCUT2D eigenvalue weighted by Crippen LogP contribution is 2.20. The molecule has 0 radical (unpaired) electrons. The van der Waals surface area contributed by atoms with Gasteiger partial charge in [-0.3, -0.25) is 0 Å². The Balaban J connectivity index is 1.51. The number of anilines is 1. The largest absolute Gasteiger partial charge is 0.338 e. The van der Waals surface area contributed by atoms with Crippen LogP contribution >= 0.6 is 0 Å². The molecule has 2 amide bonds. The lowest BCUT2D eigenvalue weighted by Gasteiger charge is -2.44. The van der Waals surface area contributed by atoms with Gasteiger partial charge in [-0.2, -0.15) is 5.26 Å². The van der Waals surface area contributed by atoms with Gasteiger partial charge in [0.15, 0.2) is 0 Å². The van der Waals surface area contributed by atoms with Gasteiger partial charge in [0.25, 0.3) is 0 Å². The summed E-state index contributed by atoms with van der Waals surface area (Å²) in [7, 11) is 0. The van der Waals surface area contributed by atoms with E-state index >= 15 is 0 Å². The number of nitriles is 1. The van der Waals surface area contributed by atoms with E-state index in [1.807, 2.05) is 11.0 Å². The maximum atomic E-state index is 12.7. The lowest BCUT2D eigenvalue weighted by atomic mass is 9.95. The number of hydrogen-bond donors (Lipinski definition) is 2. The first-order chi connectivity index (χ1) is 13.1. The van der Waals surface area contributed by atoms with Crippen LogP contribution in [-0.4, -0.2) is 65.7 Å². The summed E-state index contributed by atoms with van der Waals surface area (Å²) in [6.45, 7) is 8.38. The molecule has 3 heterocycles. The molecule has 0 unspecified atom stereocenters. The molecule has 0 bridgehead atoms. The zero-order chi connectivity index (χ0) is 19.2. The van der Waals surface area contributed by atoms with Crippen molar-refractivity contribution in [2.24, 2.45) is 5.92 Å². The monoisotopic (exact) mass is 371 g/mol. The van der Waals surface area contributed by atoms with Crippen molar-refractivity contribution in [3.05, 3.63) is 18.0 Å². The molecule has 2 N–H and O–H groups in total. The van der Waals surface area contributed by atoms with Crippen LogP contribution in [0.4, 0.5) is 10.7 Å². The number of carbonyl (C=O) groups is 1. The molecule has 2 aliphatic heterocycles. The topological polar surface area (TPSA) is 97.2 Å². The van der Waals surface area contributed by atoms with Crippen molar-refractivity contribution in [2.45, 2.75) is 45.2 Å². The second kappa shape index (κ2) is 9.00. The maximum absolute atomic E-state index is 12.7. The van der Waals surface area contributed by atoms with Gasteiger partial charge in [-0.15, -0.1) is 0 Å². The second-order valence-corrected chi connectivity index (χ2v) is 7.61. The van der Waals surface area contributed by atoms with Crippen LogP contribution in [0.3, 0.4) is 0 Å². The Labute approximate surface area is 161 Å². The van der Waals surface area contributed by atoms with Crippen LogP contribution in [0, 0.1) is 17.2 Å². The number of hydrogen-bond acceptors (Lipinski definition) is 6. The van der Waals surface area contributed by atoms with Crippen LogP contribution in [0.25, 0.3) is 0 Å². The lowest BCUT2D eigenvalue weighted by molar-refractivity contribution is 0.140. The summed E-state index contributed by atoms with van der Waals surface area (Å²) in [5.41, 5.74) is 0.451. The van der Waals surface area contributed by atoms with Gasteiger partial charge < -0.3 is 20.4 Å². The quantitative estimate of drug-likeness (QED) is 0.829. The van der Waals surface area contributed by atoms with E-state index < -0.39 is 0 Å². The van der Waals surface area contributed by atoms with E-state index in [0.29, 0.717) is 30.5 Å². The average molecular weight is 371 g/mol. The minimum absolute atomic E-state index is 0.0179. The van der Waals surface area contributed by atoms with Gasteiger partial charge in [0.1, 0.15) is 6.07 Å². The van der Waals surface area contributed by atoms with E-state index in [9.17, 15) is 4.79 Å². The first-order valence-corrected chi connectivity index (χ1v) is 9.82. The first-order valence-electron chi connectivity index (χ1n) is 9.82. The van der Waals surface area contributed by atoms with Crippen LogP contribution < -0.4 is 15.5 Å². The number of piperazine rings is 1. The molecule has 146 valence electrons. The number of rotatable bonds is 4. The van der Waals surface area contributed by atoms with E-state index in [1.165, 1.54) is 25.2 Å². The Morgan fingerprint density at radius 1 is 1.26 bits per heavy atom. The van der Waals surface area contributed by atoms with Crippen molar-refractivity contribution >= 4 is 12.0 Å². The van der Waals surface area contributed by atoms with E-state index in [0.717, 1.165) is 26.1 Å². The highest BCUT2D eigenvalue weighted by Gasteiger charge is 2.33. The molecule has 27 heavy (non-hydrogen) atoms. The minimum atomic E-state index is 0.0179. The number of aromatic nitrogens is 2. The normalized spacial score (nSPS) is 23.7. The van der Waals surface area contributed by atoms with Crippen LogP contribution in [0.1, 0.15) is 38.7 Å². The zero-order valence-electron chi connectivity index (χ0n) is 16.2. The van der Waals surface area contributed by atoms with Gasteiger partial charge in [0.05, 0.1) is 18.0 Å². The maximum Gasteiger partial charge on any atom is 0.318 e. The molecule has 3 rings (SSSR count). The second-order valence-electron chi connectivity index (χ2n) is 7.61. The molecule has 2 aliphatic rings. The van der Waals surface area contributed by atoms with E-state index in [1.54, 1.807) is 0 Å². The molecule has 0 spiro atoms. The van der Waals surface area contributed by atoms with Gasteiger partial charge >= 0.3 is 6.03 Å². The third-order valence-corrected chi connectivity index (χ3v) is 5.49. The standard InChI is InChI=1S/C19H29N7O/c1-14-12-25(18-23-10-17(9-20)11-24-18)13-15(2)26(14)19(27)22-8-5-16-3-6-21-7-4-16/h10-11,14-16,21H,3-8,12-13H2,1-2H3,(H,22,27)/t14-,15+. The Morgan fingerprint density at radius 2 is 1.89 bits per heavy atom. The Bertz CT molecular complexity index is 654. The number of piperidine rings is 1. The SMILES string of the molecule is C[C@@H]1CN(c2ncc(C#N)cn2)C[C@H](C)N1C(=O)NCCC1CCNCC1. The number of amides is 2. The van der Waals surface area contributed by atoms with Gasteiger partial charge in [-0.05, 0) is 52.1 Å². The lowest BCUT2D eigenvalue weighted by Crippen LogP contribution is -2.61. The minimum Gasteiger partial charge on any atom is -0.338 e. The molecule has 2 atom stereocenters. The fourth-order valence-corrected chi connectivity index (χ4v) is 4.07. The molecule has 1 aromatic rings. The van der Waals surface area contributed by atoms with E-state index in [2.05, 4.69) is 39.3 Å². The van der Waals surface area contributed by atoms with Crippen molar-refractivity contribution in [3.8, 4) is 6.07 Å². The summed E-state index contributed by atoms with van der Waals surface area (Å²) >= 11 is 0. The third-order valence-electron chi connectivity index (χ3n) is 5.49. The van der Waals surface area contributed by atoms with Crippen LogP contribution in [0.2, 0.25) is 0 Å². The van der Waals surface area contributed by atoms with Crippen LogP contribution in [-0.2, 0) is 0 Å². The van der Waals surface area contributed by atoms with Gasteiger partial charge in [-0.1, -0.05) is 0 Å². The first kappa shape index (κ1) is 19.4.